The van der Waals surface area contributed by atoms with Crippen molar-refractivity contribution in [3.8, 4) is 0 Å². The minimum atomic E-state index is -0.707. The molecule has 0 spiro atoms. The van der Waals surface area contributed by atoms with Gasteiger partial charge in [0.05, 0.1) is 25.3 Å². The van der Waals surface area contributed by atoms with Gasteiger partial charge in [-0.15, -0.1) is 12.4 Å². The van der Waals surface area contributed by atoms with Crippen molar-refractivity contribution in [1.29, 1.82) is 0 Å². The zero-order valence-electron chi connectivity index (χ0n) is 12.4. The number of aliphatic hydroxyl groups excluding tert-OH is 2. The molecule has 3 N–H and O–H groups in total. The Kier molecular flexibility index (Phi) is 5.08. The van der Waals surface area contributed by atoms with Gasteiger partial charge >= 0.3 is 0 Å². The predicted molar refractivity (Wildman–Crippen MR) is 90.4 cm³/mol. The number of halogens is 1. The van der Waals surface area contributed by atoms with Gasteiger partial charge in [-0.05, 0) is 29.8 Å². The first-order valence-electron chi connectivity index (χ1n) is 7.02. The van der Waals surface area contributed by atoms with Crippen LogP contribution >= 0.6 is 12.4 Å². The van der Waals surface area contributed by atoms with Crippen LogP contribution in [0.2, 0.25) is 0 Å². The van der Waals surface area contributed by atoms with E-state index < -0.39 is 5.54 Å². The Labute approximate surface area is 135 Å². The second-order valence-electron chi connectivity index (χ2n) is 5.64. The molecule has 1 heterocycles. The van der Waals surface area contributed by atoms with E-state index in [1.54, 1.807) is 6.92 Å². The average Bonchev–Trinajstić information content (AvgIpc) is 2.96. The van der Waals surface area contributed by atoms with E-state index >= 15 is 0 Å². The zero-order chi connectivity index (χ0) is 14.9. The second-order valence-corrected chi connectivity index (χ2v) is 5.64. The van der Waals surface area contributed by atoms with E-state index in [9.17, 15) is 10.2 Å². The number of nitrogens with one attached hydrogen (secondary N) is 1. The van der Waals surface area contributed by atoms with Gasteiger partial charge < -0.3 is 19.9 Å². The molecule has 0 radical (unpaired) electrons. The van der Waals surface area contributed by atoms with E-state index in [0.29, 0.717) is 6.54 Å². The molecule has 118 valence electrons. The summed E-state index contributed by atoms with van der Waals surface area (Å²) in [5.41, 5.74) is 0.140. The number of benzene rings is 2. The number of rotatable bonds is 5. The van der Waals surface area contributed by atoms with E-state index in [4.69, 9.17) is 4.42 Å². The summed E-state index contributed by atoms with van der Waals surface area (Å²) >= 11 is 0. The van der Waals surface area contributed by atoms with Crippen molar-refractivity contribution in [2.45, 2.75) is 19.0 Å². The normalized spacial score (nSPS) is 11.8. The summed E-state index contributed by atoms with van der Waals surface area (Å²) in [4.78, 5) is 0. The smallest absolute Gasteiger partial charge is 0.134 e. The number of hydrogen-bond donors (Lipinski definition) is 3. The molecule has 0 amide bonds. The van der Waals surface area contributed by atoms with Crippen molar-refractivity contribution >= 4 is 34.1 Å². The summed E-state index contributed by atoms with van der Waals surface area (Å²) in [6.45, 7) is 1.96. The summed E-state index contributed by atoms with van der Waals surface area (Å²) in [5, 5.41) is 25.1. The summed E-state index contributed by atoms with van der Waals surface area (Å²) in [5.74, 6) is 0.787. The third-order valence-corrected chi connectivity index (χ3v) is 3.86. The molecule has 1 aromatic heterocycles. The fraction of sp³-hybridized carbons (Fsp3) is 0.294. The lowest BCUT2D eigenvalue weighted by Crippen LogP contribution is -2.48. The maximum absolute atomic E-state index is 9.29. The fourth-order valence-corrected chi connectivity index (χ4v) is 2.39. The Bertz CT molecular complexity index is 765. The summed E-state index contributed by atoms with van der Waals surface area (Å²) in [6.07, 6.45) is 0. The van der Waals surface area contributed by atoms with Crippen molar-refractivity contribution in [3.05, 3.63) is 48.2 Å². The standard InChI is InChI=1S/C17H19NO3.ClH/c1-17(10-19,11-20)18-9-13-8-15-14-5-3-2-4-12(14)6-7-16(15)21-13;/h2-8,18-20H,9-11H2,1H3;1H. The van der Waals surface area contributed by atoms with Crippen LogP contribution in [0.4, 0.5) is 0 Å². The highest BCUT2D eigenvalue weighted by atomic mass is 35.5. The van der Waals surface area contributed by atoms with Gasteiger partial charge in [0.2, 0.25) is 0 Å². The third kappa shape index (κ3) is 3.10. The largest absolute Gasteiger partial charge is 0.460 e. The van der Waals surface area contributed by atoms with Crippen LogP contribution in [0.3, 0.4) is 0 Å². The van der Waals surface area contributed by atoms with Crippen LogP contribution in [0.15, 0.2) is 46.9 Å². The van der Waals surface area contributed by atoms with Crippen molar-refractivity contribution in [2.75, 3.05) is 13.2 Å². The average molecular weight is 322 g/mol. The minimum absolute atomic E-state index is 0. The number of aliphatic hydroxyl groups is 2. The number of hydrogen-bond acceptors (Lipinski definition) is 4. The fourth-order valence-electron chi connectivity index (χ4n) is 2.39. The third-order valence-electron chi connectivity index (χ3n) is 3.86. The van der Waals surface area contributed by atoms with E-state index in [1.807, 2.05) is 30.3 Å². The Morgan fingerprint density at radius 1 is 1.05 bits per heavy atom. The maximum Gasteiger partial charge on any atom is 0.134 e. The van der Waals surface area contributed by atoms with Crippen LogP contribution < -0.4 is 5.32 Å². The molecule has 0 fully saturated rings. The maximum atomic E-state index is 9.29. The van der Waals surface area contributed by atoms with Crippen molar-refractivity contribution in [3.63, 3.8) is 0 Å². The zero-order valence-corrected chi connectivity index (χ0v) is 13.2. The molecule has 0 saturated heterocycles. The van der Waals surface area contributed by atoms with Crippen LogP contribution in [-0.4, -0.2) is 29.0 Å². The molecule has 0 unspecified atom stereocenters. The number of fused-ring (bicyclic) bond motifs is 3. The number of furan rings is 1. The Hall–Kier alpha value is -1.59. The second kappa shape index (κ2) is 6.67. The van der Waals surface area contributed by atoms with E-state index in [0.717, 1.165) is 22.1 Å². The van der Waals surface area contributed by atoms with Crippen LogP contribution in [0.25, 0.3) is 21.7 Å². The van der Waals surface area contributed by atoms with Gasteiger partial charge in [-0.3, -0.25) is 0 Å². The molecule has 0 aliphatic rings. The molecule has 3 rings (SSSR count). The monoisotopic (exact) mass is 321 g/mol. The van der Waals surface area contributed by atoms with E-state index in [1.165, 1.54) is 5.39 Å². The summed E-state index contributed by atoms with van der Waals surface area (Å²) in [6, 6.07) is 14.2. The molecular formula is C17H20ClNO3. The lowest BCUT2D eigenvalue weighted by atomic mass is 10.1. The Morgan fingerprint density at radius 2 is 1.77 bits per heavy atom. The summed E-state index contributed by atoms with van der Waals surface area (Å²) < 4.78 is 5.83. The molecule has 5 heteroatoms. The molecule has 0 atom stereocenters. The molecule has 0 bridgehead atoms. The highest BCUT2D eigenvalue weighted by molar-refractivity contribution is 6.05. The molecule has 0 aliphatic carbocycles. The molecule has 3 aromatic rings. The van der Waals surface area contributed by atoms with Crippen LogP contribution in [0.1, 0.15) is 12.7 Å². The molecule has 0 saturated carbocycles. The SMILES string of the molecule is CC(CO)(CO)NCc1cc2c(ccc3ccccc32)o1.Cl. The topological polar surface area (TPSA) is 65.6 Å². The highest BCUT2D eigenvalue weighted by Crippen LogP contribution is 2.28. The minimum Gasteiger partial charge on any atom is -0.460 e. The van der Waals surface area contributed by atoms with E-state index in [2.05, 4.69) is 17.4 Å². The van der Waals surface area contributed by atoms with Gasteiger partial charge in [0.15, 0.2) is 0 Å². The quantitative estimate of drug-likeness (QED) is 0.676. The molecule has 2 aromatic carbocycles. The molecule has 0 aliphatic heterocycles. The molecular weight excluding hydrogens is 302 g/mol. The van der Waals surface area contributed by atoms with Gasteiger partial charge in [0, 0.05) is 5.39 Å². The van der Waals surface area contributed by atoms with Crippen LogP contribution in [-0.2, 0) is 6.54 Å². The Morgan fingerprint density at radius 3 is 2.50 bits per heavy atom. The molecule has 4 nitrogen and oxygen atoms in total. The van der Waals surface area contributed by atoms with E-state index in [-0.39, 0.29) is 25.6 Å². The van der Waals surface area contributed by atoms with Gasteiger partial charge in [-0.1, -0.05) is 30.3 Å². The molecule has 22 heavy (non-hydrogen) atoms. The summed E-state index contributed by atoms with van der Waals surface area (Å²) in [7, 11) is 0. The van der Waals surface area contributed by atoms with Crippen LogP contribution in [0.5, 0.6) is 0 Å². The predicted octanol–water partition coefficient (Wildman–Crippen LogP) is 2.84. The van der Waals surface area contributed by atoms with Gasteiger partial charge in [0.1, 0.15) is 11.3 Å². The lowest BCUT2D eigenvalue weighted by Gasteiger charge is -2.25. The lowest BCUT2D eigenvalue weighted by molar-refractivity contribution is 0.101. The van der Waals surface area contributed by atoms with Crippen LogP contribution in [0, 0.1) is 0 Å². The first-order valence-corrected chi connectivity index (χ1v) is 7.02. The first-order chi connectivity index (χ1) is 10.1. The van der Waals surface area contributed by atoms with Gasteiger partial charge in [-0.25, -0.2) is 0 Å². The van der Waals surface area contributed by atoms with Crippen molar-refractivity contribution in [1.82, 2.24) is 5.32 Å². The first kappa shape index (κ1) is 16.8. The van der Waals surface area contributed by atoms with Gasteiger partial charge in [0.25, 0.3) is 0 Å². The van der Waals surface area contributed by atoms with Crippen molar-refractivity contribution < 1.29 is 14.6 Å². The van der Waals surface area contributed by atoms with Crippen molar-refractivity contribution in [2.24, 2.45) is 0 Å². The Balaban J connectivity index is 0.00000176. The van der Waals surface area contributed by atoms with Gasteiger partial charge in [-0.2, -0.15) is 0 Å². The highest BCUT2D eigenvalue weighted by Gasteiger charge is 2.21.